The van der Waals surface area contributed by atoms with E-state index in [0.29, 0.717) is 30.2 Å². The molecule has 0 fully saturated rings. The van der Waals surface area contributed by atoms with Crippen LogP contribution in [0.4, 0.5) is 16.2 Å². The molecule has 0 bridgehead atoms. The van der Waals surface area contributed by atoms with E-state index in [0.717, 1.165) is 23.6 Å². The maximum absolute atomic E-state index is 14.5. The van der Waals surface area contributed by atoms with Crippen LogP contribution in [-0.2, 0) is 14.8 Å². The van der Waals surface area contributed by atoms with Gasteiger partial charge in [0.05, 0.1) is 41.0 Å². The summed E-state index contributed by atoms with van der Waals surface area (Å²) >= 11 is 0. The molecule has 5 rings (SSSR count). The predicted molar refractivity (Wildman–Crippen MR) is 200 cm³/mol. The van der Waals surface area contributed by atoms with Crippen molar-refractivity contribution < 1.29 is 32.6 Å². The topological polar surface area (TPSA) is 138 Å². The maximum atomic E-state index is 14.5. The molecule has 0 unspecified atom stereocenters. The fourth-order valence-electron chi connectivity index (χ4n) is 6.21. The summed E-state index contributed by atoms with van der Waals surface area (Å²) < 4.78 is 40.8. The van der Waals surface area contributed by atoms with E-state index in [-0.39, 0.29) is 42.2 Å². The van der Waals surface area contributed by atoms with Crippen LogP contribution in [0.25, 0.3) is 10.8 Å². The number of hydrogen-bond donors (Lipinski definition) is 3. The molecule has 12 heteroatoms. The molecule has 51 heavy (non-hydrogen) atoms. The first-order valence-electron chi connectivity index (χ1n) is 17.4. The SMILES string of the molecule is C[C@@H]1CCCCO[C@H](CN(C)S(=O)(=O)c2ccccc2)[C@@H](C)CN([C@@H](C)CO)C(=O)c2cc(NC(=O)Nc3cccc4ccccc34)ccc2O1. The van der Waals surface area contributed by atoms with Crippen molar-refractivity contribution in [2.75, 3.05) is 44.0 Å². The lowest BCUT2D eigenvalue weighted by Crippen LogP contribution is -2.48. The van der Waals surface area contributed by atoms with Gasteiger partial charge in [-0.2, -0.15) is 4.31 Å². The second-order valence-corrected chi connectivity index (χ2v) is 15.3. The van der Waals surface area contributed by atoms with E-state index in [2.05, 4.69) is 10.6 Å². The molecule has 11 nitrogen and oxygen atoms in total. The number of nitrogens with one attached hydrogen (secondary N) is 2. The highest BCUT2D eigenvalue weighted by Crippen LogP contribution is 2.29. The average Bonchev–Trinajstić information content (AvgIpc) is 3.13. The quantitative estimate of drug-likeness (QED) is 0.187. The molecule has 0 aromatic heterocycles. The summed E-state index contributed by atoms with van der Waals surface area (Å²) in [7, 11) is -2.25. The lowest BCUT2D eigenvalue weighted by atomic mass is 10.0. The number of rotatable bonds is 8. The van der Waals surface area contributed by atoms with E-state index in [4.69, 9.17) is 9.47 Å². The van der Waals surface area contributed by atoms with Gasteiger partial charge in [0, 0.05) is 43.7 Å². The van der Waals surface area contributed by atoms with Gasteiger partial charge in [0.15, 0.2) is 0 Å². The number of aliphatic hydroxyl groups excluding tert-OH is 1. The number of anilines is 2. The Labute approximate surface area is 300 Å². The molecular weight excluding hydrogens is 669 g/mol. The van der Waals surface area contributed by atoms with Crippen molar-refractivity contribution in [3.63, 3.8) is 0 Å². The third kappa shape index (κ3) is 9.44. The van der Waals surface area contributed by atoms with Crippen molar-refractivity contribution in [3.05, 3.63) is 96.6 Å². The molecule has 272 valence electrons. The minimum atomic E-state index is -3.78. The van der Waals surface area contributed by atoms with Gasteiger partial charge >= 0.3 is 6.03 Å². The van der Waals surface area contributed by atoms with Gasteiger partial charge in [-0.3, -0.25) is 4.79 Å². The largest absolute Gasteiger partial charge is 0.490 e. The monoisotopic (exact) mass is 716 g/mol. The Morgan fingerprint density at radius 3 is 2.47 bits per heavy atom. The number of hydrogen-bond acceptors (Lipinski definition) is 7. The molecule has 0 radical (unpaired) electrons. The van der Waals surface area contributed by atoms with Crippen LogP contribution >= 0.6 is 0 Å². The molecule has 4 atom stereocenters. The number of ether oxygens (including phenoxy) is 2. The van der Waals surface area contributed by atoms with Crippen LogP contribution in [0.5, 0.6) is 5.75 Å². The molecule has 0 saturated carbocycles. The number of carbonyl (C=O) groups excluding carboxylic acids is 2. The van der Waals surface area contributed by atoms with Crippen LogP contribution in [0.1, 0.15) is 50.4 Å². The van der Waals surface area contributed by atoms with Gasteiger partial charge in [0.2, 0.25) is 10.0 Å². The summed E-state index contributed by atoms with van der Waals surface area (Å²) in [6, 6.07) is 25.6. The summed E-state index contributed by atoms with van der Waals surface area (Å²) in [4.78, 5) is 29.4. The standard InChI is InChI=1S/C39H48N4O7S/c1-27-24-43(28(2)26-44)38(45)34-23-31(40-39(46)41-35-19-12-15-30-14-8-9-18-33(30)35)20-21-36(34)50-29(3)13-10-11-22-49-37(27)25-42(4)51(47,48)32-16-6-5-7-17-32/h5-9,12,14-21,23,27-29,37,44H,10-11,13,22,24-26H2,1-4H3,(H2,40,41,46)/t27-,28-,29+,37+/m0/s1. The molecule has 1 aliphatic heterocycles. The number of urea groups is 1. The third-order valence-electron chi connectivity index (χ3n) is 9.24. The van der Waals surface area contributed by atoms with Crippen LogP contribution in [0.15, 0.2) is 95.9 Å². The highest BCUT2D eigenvalue weighted by atomic mass is 32.2. The predicted octanol–water partition coefficient (Wildman–Crippen LogP) is 6.60. The maximum Gasteiger partial charge on any atom is 0.323 e. The lowest BCUT2D eigenvalue weighted by Gasteiger charge is -2.35. The molecule has 0 spiro atoms. The molecule has 0 aliphatic carbocycles. The van der Waals surface area contributed by atoms with Crippen molar-refractivity contribution in [1.29, 1.82) is 0 Å². The van der Waals surface area contributed by atoms with Crippen LogP contribution < -0.4 is 15.4 Å². The Morgan fingerprint density at radius 2 is 1.71 bits per heavy atom. The first-order valence-corrected chi connectivity index (χ1v) is 18.8. The number of fused-ring (bicyclic) bond motifs is 2. The number of benzene rings is 4. The van der Waals surface area contributed by atoms with Gasteiger partial charge in [-0.1, -0.05) is 61.5 Å². The van der Waals surface area contributed by atoms with Crippen LogP contribution in [0, 0.1) is 5.92 Å². The van der Waals surface area contributed by atoms with E-state index in [9.17, 15) is 23.1 Å². The first kappa shape index (κ1) is 37.8. The van der Waals surface area contributed by atoms with E-state index in [1.165, 1.54) is 11.4 Å². The number of nitrogens with zero attached hydrogens (tertiary/aromatic N) is 2. The smallest absolute Gasteiger partial charge is 0.323 e. The summed E-state index contributed by atoms with van der Waals surface area (Å²) in [6.07, 6.45) is 1.46. The average molecular weight is 717 g/mol. The second-order valence-electron chi connectivity index (χ2n) is 13.2. The van der Waals surface area contributed by atoms with Crippen molar-refractivity contribution in [2.24, 2.45) is 5.92 Å². The van der Waals surface area contributed by atoms with E-state index in [1.54, 1.807) is 60.4 Å². The molecule has 1 aliphatic rings. The van der Waals surface area contributed by atoms with Crippen molar-refractivity contribution in [3.8, 4) is 5.75 Å². The number of sulfonamides is 1. The molecule has 3 N–H and O–H groups in total. The Kier molecular flexibility index (Phi) is 12.7. The van der Waals surface area contributed by atoms with E-state index in [1.807, 2.05) is 56.3 Å². The zero-order valence-electron chi connectivity index (χ0n) is 29.6. The Balaban J connectivity index is 1.42. The summed E-state index contributed by atoms with van der Waals surface area (Å²) in [5.41, 5.74) is 1.26. The van der Waals surface area contributed by atoms with Gasteiger partial charge in [0.1, 0.15) is 5.75 Å². The van der Waals surface area contributed by atoms with Gasteiger partial charge in [-0.05, 0) is 74.9 Å². The summed E-state index contributed by atoms with van der Waals surface area (Å²) in [6.45, 7) is 5.95. The Morgan fingerprint density at radius 1 is 0.980 bits per heavy atom. The molecule has 4 aromatic rings. The van der Waals surface area contributed by atoms with Gasteiger partial charge in [-0.25, -0.2) is 13.2 Å². The number of amides is 3. The number of likely N-dealkylation sites (N-methyl/N-ethyl adjacent to an activating group) is 1. The zero-order chi connectivity index (χ0) is 36.5. The molecule has 0 saturated heterocycles. The highest BCUT2D eigenvalue weighted by Gasteiger charge is 2.32. The van der Waals surface area contributed by atoms with Crippen LogP contribution in [0.3, 0.4) is 0 Å². The molecule has 1 heterocycles. The minimum absolute atomic E-state index is 0.0733. The Bertz CT molecular complexity index is 1900. The zero-order valence-corrected chi connectivity index (χ0v) is 30.4. The van der Waals surface area contributed by atoms with Gasteiger partial charge < -0.3 is 30.1 Å². The van der Waals surface area contributed by atoms with E-state index >= 15 is 0 Å². The fraction of sp³-hybridized carbons (Fsp3) is 0.385. The highest BCUT2D eigenvalue weighted by molar-refractivity contribution is 7.89. The molecule has 3 amide bonds. The van der Waals surface area contributed by atoms with Crippen LogP contribution in [0.2, 0.25) is 0 Å². The molecular formula is C39H48N4O7S. The van der Waals surface area contributed by atoms with Gasteiger partial charge in [-0.15, -0.1) is 0 Å². The second kappa shape index (κ2) is 17.1. The summed E-state index contributed by atoms with van der Waals surface area (Å²) in [5.74, 6) is -0.353. The van der Waals surface area contributed by atoms with Gasteiger partial charge in [0.25, 0.3) is 5.91 Å². The van der Waals surface area contributed by atoms with Crippen molar-refractivity contribution >= 4 is 44.1 Å². The number of carbonyl (C=O) groups is 2. The minimum Gasteiger partial charge on any atom is -0.490 e. The van der Waals surface area contributed by atoms with Crippen molar-refractivity contribution in [2.45, 2.75) is 63.2 Å². The Hall–Kier alpha value is -4.49. The van der Waals surface area contributed by atoms with Crippen molar-refractivity contribution in [1.82, 2.24) is 9.21 Å². The van der Waals surface area contributed by atoms with Crippen LogP contribution in [-0.4, -0.2) is 86.3 Å². The summed E-state index contributed by atoms with van der Waals surface area (Å²) in [5, 5.41) is 17.9. The third-order valence-corrected chi connectivity index (χ3v) is 11.1. The normalized spacial score (nSPS) is 19.8. The number of aliphatic hydroxyl groups is 1. The fourth-order valence-corrected chi connectivity index (χ4v) is 7.41. The lowest BCUT2D eigenvalue weighted by molar-refractivity contribution is -0.00833. The molecule has 4 aromatic carbocycles. The van der Waals surface area contributed by atoms with E-state index < -0.39 is 34.1 Å². The first-order chi connectivity index (χ1) is 24.5.